The highest BCUT2D eigenvalue weighted by atomic mass is 16.5. The van der Waals surface area contributed by atoms with Gasteiger partial charge in [0.15, 0.2) is 5.76 Å². The number of aliphatic hydroxyl groups excluding tert-OH is 1. The minimum Gasteiger partial charge on any atom is -0.490 e. The summed E-state index contributed by atoms with van der Waals surface area (Å²) in [6, 6.07) is 9.66. The van der Waals surface area contributed by atoms with Crippen molar-refractivity contribution < 1.29 is 14.4 Å². The van der Waals surface area contributed by atoms with Crippen LogP contribution in [-0.4, -0.2) is 35.1 Å². The molecule has 0 saturated heterocycles. The Morgan fingerprint density at radius 2 is 1.96 bits per heavy atom. The van der Waals surface area contributed by atoms with Gasteiger partial charge >= 0.3 is 0 Å². The highest BCUT2D eigenvalue weighted by molar-refractivity contribution is 5.70. The summed E-state index contributed by atoms with van der Waals surface area (Å²) in [6.45, 7) is 11.1. The maximum Gasteiger partial charge on any atom is 0.159 e. The number of aromatic nitrogens is 1. The van der Waals surface area contributed by atoms with E-state index in [4.69, 9.17) is 9.26 Å². The molecular weight excluding hydrogens is 328 g/mol. The van der Waals surface area contributed by atoms with Crippen molar-refractivity contribution >= 4 is 12.2 Å². The Hall–Kier alpha value is -2.11. The van der Waals surface area contributed by atoms with Crippen molar-refractivity contribution in [1.82, 2.24) is 10.5 Å². The molecule has 0 aliphatic carbocycles. The highest BCUT2D eigenvalue weighted by Crippen LogP contribution is 2.22. The monoisotopic (exact) mass is 358 g/mol. The van der Waals surface area contributed by atoms with Crippen LogP contribution >= 0.6 is 0 Å². The van der Waals surface area contributed by atoms with Crippen LogP contribution in [0.4, 0.5) is 0 Å². The van der Waals surface area contributed by atoms with Crippen LogP contribution in [0.15, 0.2) is 34.9 Å². The van der Waals surface area contributed by atoms with Gasteiger partial charge < -0.3 is 19.7 Å². The molecule has 0 aliphatic rings. The van der Waals surface area contributed by atoms with E-state index in [9.17, 15) is 5.11 Å². The van der Waals surface area contributed by atoms with Crippen molar-refractivity contribution in [3.63, 3.8) is 0 Å². The van der Waals surface area contributed by atoms with Crippen molar-refractivity contribution in [3.8, 4) is 5.75 Å². The zero-order valence-electron chi connectivity index (χ0n) is 16.3. The molecule has 1 atom stereocenters. The van der Waals surface area contributed by atoms with Crippen LogP contribution in [0.25, 0.3) is 12.2 Å². The molecule has 2 rings (SSSR count). The first-order valence-electron chi connectivity index (χ1n) is 9.04. The van der Waals surface area contributed by atoms with E-state index < -0.39 is 6.10 Å². The number of β-amino-alcohol motifs (C(OH)–C–C–N with tert-alkyl or cyclic N) is 1. The van der Waals surface area contributed by atoms with Crippen molar-refractivity contribution in [3.05, 3.63) is 47.3 Å². The molecule has 0 saturated carbocycles. The van der Waals surface area contributed by atoms with Crippen LogP contribution in [0.3, 0.4) is 0 Å². The van der Waals surface area contributed by atoms with E-state index in [1.807, 2.05) is 42.5 Å². The number of nitrogens with one attached hydrogen (secondary N) is 1. The van der Waals surface area contributed by atoms with Gasteiger partial charge in [0.2, 0.25) is 0 Å². The largest absolute Gasteiger partial charge is 0.490 e. The summed E-state index contributed by atoms with van der Waals surface area (Å²) in [6.07, 6.45) is 3.23. The molecule has 5 heteroatoms. The van der Waals surface area contributed by atoms with Crippen LogP contribution in [0.1, 0.15) is 57.6 Å². The maximum atomic E-state index is 10.1. The number of ether oxygens (including phenoxy) is 1. The van der Waals surface area contributed by atoms with Gasteiger partial charge in [-0.3, -0.25) is 0 Å². The third-order valence-electron chi connectivity index (χ3n) is 3.78. The lowest BCUT2D eigenvalue weighted by Gasteiger charge is -2.23. The third kappa shape index (κ3) is 6.65. The van der Waals surface area contributed by atoms with E-state index in [-0.39, 0.29) is 12.1 Å². The smallest absolute Gasteiger partial charge is 0.159 e. The second-order valence-electron chi connectivity index (χ2n) is 7.78. The fourth-order valence-corrected chi connectivity index (χ4v) is 2.24. The summed E-state index contributed by atoms with van der Waals surface area (Å²) < 4.78 is 11.1. The topological polar surface area (TPSA) is 67.5 Å². The molecule has 5 nitrogen and oxygen atoms in total. The van der Waals surface area contributed by atoms with E-state index in [1.165, 1.54) is 0 Å². The lowest BCUT2D eigenvalue weighted by Crippen LogP contribution is -2.42. The molecule has 0 spiro atoms. The van der Waals surface area contributed by atoms with Gasteiger partial charge in [0.1, 0.15) is 18.5 Å². The minimum atomic E-state index is -0.575. The maximum absolute atomic E-state index is 10.1. The Kier molecular flexibility index (Phi) is 7.00. The average molecular weight is 358 g/mol. The van der Waals surface area contributed by atoms with Crippen molar-refractivity contribution in [2.45, 2.75) is 52.2 Å². The lowest BCUT2D eigenvalue weighted by atomic mass is 10.1. The molecule has 0 radical (unpaired) electrons. The van der Waals surface area contributed by atoms with Gasteiger partial charge in [-0.2, -0.15) is 0 Å². The number of nitrogens with zero attached hydrogens (tertiary/aromatic N) is 1. The number of hydrogen-bond donors (Lipinski definition) is 2. The number of benzene rings is 1. The Labute approximate surface area is 156 Å². The molecule has 1 heterocycles. The first-order valence-corrected chi connectivity index (χ1v) is 9.04. The second kappa shape index (κ2) is 9.01. The van der Waals surface area contributed by atoms with E-state index >= 15 is 0 Å². The molecule has 2 aromatic rings. The predicted octanol–water partition coefficient (Wildman–Crippen LogP) is 4.10. The lowest BCUT2D eigenvalue weighted by molar-refractivity contribution is 0.0999. The SMILES string of the molecule is CC(C)c1cc(/C=C/c2ccccc2OCC(O)CNC(C)(C)C)on1. The Bertz CT molecular complexity index is 714. The number of rotatable bonds is 8. The van der Waals surface area contributed by atoms with Gasteiger partial charge in [-0.15, -0.1) is 0 Å². The molecule has 2 N–H and O–H groups in total. The van der Waals surface area contributed by atoms with Gasteiger partial charge in [0.05, 0.1) is 5.69 Å². The summed E-state index contributed by atoms with van der Waals surface area (Å²) in [4.78, 5) is 0. The molecule has 0 aliphatic heterocycles. The van der Waals surface area contributed by atoms with Gasteiger partial charge in [0.25, 0.3) is 0 Å². The summed E-state index contributed by atoms with van der Waals surface area (Å²) in [7, 11) is 0. The Morgan fingerprint density at radius 1 is 1.23 bits per heavy atom. The normalized spacial score (nSPS) is 13.5. The van der Waals surface area contributed by atoms with Crippen molar-refractivity contribution in [2.24, 2.45) is 0 Å². The van der Waals surface area contributed by atoms with E-state index in [1.54, 1.807) is 0 Å². The summed E-state index contributed by atoms with van der Waals surface area (Å²) >= 11 is 0. The summed E-state index contributed by atoms with van der Waals surface area (Å²) in [5, 5.41) is 17.4. The van der Waals surface area contributed by atoms with Crippen LogP contribution < -0.4 is 10.1 Å². The van der Waals surface area contributed by atoms with Gasteiger partial charge in [-0.1, -0.05) is 37.2 Å². The molecule has 1 unspecified atom stereocenters. The fourth-order valence-electron chi connectivity index (χ4n) is 2.24. The Balaban J connectivity index is 1.97. The Morgan fingerprint density at radius 3 is 2.62 bits per heavy atom. The van der Waals surface area contributed by atoms with E-state index in [2.05, 4.69) is 45.1 Å². The number of hydrogen-bond acceptors (Lipinski definition) is 5. The summed E-state index contributed by atoms with van der Waals surface area (Å²) in [5.41, 5.74) is 1.82. The molecule has 142 valence electrons. The third-order valence-corrected chi connectivity index (χ3v) is 3.78. The molecule has 1 aromatic carbocycles. The predicted molar refractivity (Wildman–Crippen MR) is 105 cm³/mol. The minimum absolute atomic E-state index is 0.0342. The molecule has 0 amide bonds. The van der Waals surface area contributed by atoms with E-state index in [0.29, 0.717) is 18.2 Å². The highest BCUT2D eigenvalue weighted by Gasteiger charge is 2.13. The van der Waals surface area contributed by atoms with Gasteiger partial charge in [0, 0.05) is 23.7 Å². The second-order valence-corrected chi connectivity index (χ2v) is 7.78. The molecular formula is C21H30N2O3. The van der Waals surface area contributed by atoms with Gasteiger partial charge in [-0.05, 0) is 44.9 Å². The first-order chi connectivity index (χ1) is 12.2. The molecule has 0 fully saturated rings. The van der Waals surface area contributed by atoms with Crippen LogP contribution in [-0.2, 0) is 0 Å². The zero-order valence-corrected chi connectivity index (χ0v) is 16.3. The quantitative estimate of drug-likeness (QED) is 0.744. The van der Waals surface area contributed by atoms with E-state index in [0.717, 1.165) is 17.0 Å². The first kappa shape index (κ1) is 20.2. The van der Waals surface area contributed by atoms with Crippen LogP contribution in [0, 0.1) is 0 Å². The van der Waals surface area contributed by atoms with Crippen LogP contribution in [0.2, 0.25) is 0 Å². The molecule has 0 bridgehead atoms. The summed E-state index contributed by atoms with van der Waals surface area (Å²) in [5.74, 6) is 1.76. The number of para-hydroxylation sites is 1. The van der Waals surface area contributed by atoms with Crippen LogP contribution in [0.5, 0.6) is 5.75 Å². The van der Waals surface area contributed by atoms with Gasteiger partial charge in [-0.25, -0.2) is 0 Å². The average Bonchev–Trinajstić information content (AvgIpc) is 3.05. The fraction of sp³-hybridized carbons (Fsp3) is 0.476. The zero-order chi connectivity index (χ0) is 19.2. The van der Waals surface area contributed by atoms with Crippen molar-refractivity contribution in [1.29, 1.82) is 0 Å². The molecule has 1 aromatic heterocycles. The standard InChI is InChI=1S/C21H30N2O3/c1-15(2)19-12-18(26-23-19)11-10-16-8-6-7-9-20(16)25-14-17(24)13-22-21(3,4)5/h6-12,15,17,22,24H,13-14H2,1-5H3/b11-10+. The number of aliphatic hydroxyl groups is 1. The molecule has 26 heavy (non-hydrogen) atoms. The van der Waals surface area contributed by atoms with Crippen molar-refractivity contribution in [2.75, 3.05) is 13.2 Å².